The van der Waals surface area contributed by atoms with E-state index in [9.17, 15) is 9.59 Å². The lowest BCUT2D eigenvalue weighted by Gasteiger charge is -2.21. The van der Waals surface area contributed by atoms with E-state index in [1.54, 1.807) is 24.3 Å². The van der Waals surface area contributed by atoms with Crippen LogP contribution in [0.1, 0.15) is 30.0 Å². The van der Waals surface area contributed by atoms with Crippen LogP contribution in [0.4, 0.5) is 5.69 Å². The lowest BCUT2D eigenvalue weighted by atomic mass is 10.1. The molecule has 0 aliphatic rings. The van der Waals surface area contributed by atoms with Gasteiger partial charge in [-0.3, -0.25) is 9.59 Å². The van der Waals surface area contributed by atoms with Gasteiger partial charge in [0.15, 0.2) is 0 Å². The van der Waals surface area contributed by atoms with Crippen LogP contribution in [0, 0.1) is 18.3 Å². The number of benzene rings is 2. The van der Waals surface area contributed by atoms with Gasteiger partial charge in [0.2, 0.25) is 11.8 Å². The third-order valence-corrected chi connectivity index (χ3v) is 3.84. The highest BCUT2D eigenvalue weighted by Crippen LogP contribution is 2.16. The molecule has 5 heteroatoms. The van der Waals surface area contributed by atoms with E-state index >= 15 is 0 Å². The van der Waals surface area contributed by atoms with Gasteiger partial charge < -0.3 is 10.2 Å². The number of hydrogen-bond acceptors (Lipinski definition) is 3. The molecule has 0 aliphatic heterocycles. The van der Waals surface area contributed by atoms with Crippen LogP contribution >= 0.6 is 0 Å². The Morgan fingerprint density at radius 2 is 1.88 bits per heavy atom. The Morgan fingerprint density at radius 3 is 2.52 bits per heavy atom. The Morgan fingerprint density at radius 1 is 1.16 bits per heavy atom. The molecular formula is C20H21N3O2. The quantitative estimate of drug-likeness (QED) is 0.882. The predicted molar refractivity (Wildman–Crippen MR) is 96.8 cm³/mol. The second-order valence-corrected chi connectivity index (χ2v) is 5.85. The number of anilines is 1. The molecule has 5 nitrogen and oxygen atoms in total. The monoisotopic (exact) mass is 335 g/mol. The van der Waals surface area contributed by atoms with E-state index in [2.05, 4.69) is 11.4 Å². The van der Waals surface area contributed by atoms with Crippen molar-refractivity contribution in [3.63, 3.8) is 0 Å². The molecule has 0 saturated heterocycles. The smallest absolute Gasteiger partial charge is 0.223 e. The number of carbonyl (C=O) groups excluding carboxylic acids is 2. The highest BCUT2D eigenvalue weighted by molar-refractivity contribution is 5.92. The van der Waals surface area contributed by atoms with Crippen LogP contribution in [-0.4, -0.2) is 18.4 Å². The summed E-state index contributed by atoms with van der Waals surface area (Å²) in [6.45, 7) is 4.19. The van der Waals surface area contributed by atoms with Crippen molar-refractivity contribution in [2.75, 3.05) is 11.4 Å². The van der Waals surface area contributed by atoms with Crippen molar-refractivity contribution < 1.29 is 9.59 Å². The number of hydrogen-bond donors (Lipinski definition) is 1. The average Bonchev–Trinajstić information content (AvgIpc) is 2.61. The summed E-state index contributed by atoms with van der Waals surface area (Å²) in [5.74, 6) is -0.287. The predicted octanol–water partition coefficient (Wildman–Crippen LogP) is 2.93. The van der Waals surface area contributed by atoms with Gasteiger partial charge in [-0.1, -0.05) is 35.9 Å². The maximum Gasteiger partial charge on any atom is 0.223 e. The summed E-state index contributed by atoms with van der Waals surface area (Å²) >= 11 is 0. The van der Waals surface area contributed by atoms with E-state index in [1.165, 1.54) is 17.4 Å². The van der Waals surface area contributed by atoms with Gasteiger partial charge in [0.05, 0.1) is 11.6 Å². The minimum Gasteiger partial charge on any atom is -0.352 e. The minimum atomic E-state index is -0.165. The van der Waals surface area contributed by atoms with Crippen LogP contribution in [0.5, 0.6) is 0 Å². The topological polar surface area (TPSA) is 73.2 Å². The van der Waals surface area contributed by atoms with Crippen LogP contribution in [0.15, 0.2) is 48.5 Å². The van der Waals surface area contributed by atoms with Gasteiger partial charge in [0, 0.05) is 32.1 Å². The number of nitrogens with one attached hydrogen (secondary N) is 1. The van der Waals surface area contributed by atoms with E-state index in [0.29, 0.717) is 17.8 Å². The Hall–Kier alpha value is -3.13. The number of rotatable bonds is 6. The summed E-state index contributed by atoms with van der Waals surface area (Å²) < 4.78 is 0. The van der Waals surface area contributed by atoms with Gasteiger partial charge in [-0.2, -0.15) is 5.26 Å². The van der Waals surface area contributed by atoms with Crippen molar-refractivity contribution in [2.45, 2.75) is 26.8 Å². The fourth-order valence-corrected chi connectivity index (χ4v) is 2.42. The molecule has 0 atom stereocenters. The van der Waals surface area contributed by atoms with Crippen molar-refractivity contribution in [1.29, 1.82) is 5.26 Å². The van der Waals surface area contributed by atoms with E-state index in [0.717, 1.165) is 5.56 Å². The lowest BCUT2D eigenvalue weighted by Crippen LogP contribution is -2.33. The third kappa shape index (κ3) is 5.47. The summed E-state index contributed by atoms with van der Waals surface area (Å²) in [5, 5.41) is 11.8. The SMILES string of the molecule is CC(=O)N(CCC(=O)NCc1ccc(C)cc1)c1cccc(C#N)c1. The van der Waals surface area contributed by atoms with Crippen molar-refractivity contribution in [3.05, 3.63) is 65.2 Å². The number of nitriles is 1. The first-order chi connectivity index (χ1) is 12.0. The molecule has 0 fully saturated rings. The van der Waals surface area contributed by atoms with Gasteiger partial charge in [0.25, 0.3) is 0 Å². The third-order valence-electron chi connectivity index (χ3n) is 3.84. The van der Waals surface area contributed by atoms with E-state index in [4.69, 9.17) is 5.26 Å². The zero-order chi connectivity index (χ0) is 18.2. The van der Waals surface area contributed by atoms with Crippen LogP contribution in [0.3, 0.4) is 0 Å². The zero-order valence-corrected chi connectivity index (χ0v) is 14.5. The van der Waals surface area contributed by atoms with Crippen molar-refractivity contribution in [2.24, 2.45) is 0 Å². The fraction of sp³-hybridized carbons (Fsp3) is 0.250. The number of nitrogens with zero attached hydrogens (tertiary/aromatic N) is 2. The van der Waals surface area contributed by atoms with Crippen LogP contribution in [-0.2, 0) is 16.1 Å². The van der Waals surface area contributed by atoms with Crippen LogP contribution in [0.25, 0.3) is 0 Å². The van der Waals surface area contributed by atoms with Gasteiger partial charge >= 0.3 is 0 Å². The highest BCUT2D eigenvalue weighted by Gasteiger charge is 2.14. The molecular weight excluding hydrogens is 314 g/mol. The Labute approximate surface area is 147 Å². The second kappa shape index (κ2) is 8.65. The maximum absolute atomic E-state index is 12.1. The molecule has 0 heterocycles. The molecule has 25 heavy (non-hydrogen) atoms. The molecule has 0 spiro atoms. The molecule has 2 aromatic carbocycles. The molecule has 1 N–H and O–H groups in total. The first-order valence-corrected chi connectivity index (χ1v) is 8.10. The molecule has 2 rings (SSSR count). The number of aryl methyl sites for hydroxylation is 1. The Balaban J connectivity index is 1.92. The standard InChI is InChI=1S/C20H21N3O2/c1-15-6-8-17(9-7-15)14-22-20(25)10-11-23(16(2)24)19-5-3-4-18(12-19)13-21/h3-9,12H,10-11,14H2,1-2H3,(H,22,25). The first kappa shape index (κ1) is 18.2. The average molecular weight is 335 g/mol. The normalized spacial score (nSPS) is 9.96. The number of amides is 2. The van der Waals surface area contributed by atoms with Crippen molar-refractivity contribution in [3.8, 4) is 6.07 Å². The number of carbonyl (C=O) groups is 2. The van der Waals surface area contributed by atoms with Crippen LogP contribution < -0.4 is 10.2 Å². The highest BCUT2D eigenvalue weighted by atomic mass is 16.2. The largest absolute Gasteiger partial charge is 0.352 e. The van der Waals surface area contributed by atoms with Crippen molar-refractivity contribution >= 4 is 17.5 Å². The van der Waals surface area contributed by atoms with E-state index < -0.39 is 0 Å². The van der Waals surface area contributed by atoms with E-state index in [1.807, 2.05) is 31.2 Å². The summed E-state index contributed by atoms with van der Waals surface area (Å²) in [5.41, 5.74) is 3.31. The molecule has 0 radical (unpaired) electrons. The van der Waals surface area contributed by atoms with E-state index in [-0.39, 0.29) is 24.8 Å². The Bertz CT molecular complexity index is 791. The second-order valence-electron chi connectivity index (χ2n) is 5.85. The van der Waals surface area contributed by atoms with Gasteiger partial charge in [0.1, 0.15) is 0 Å². The zero-order valence-electron chi connectivity index (χ0n) is 14.5. The summed E-state index contributed by atoms with van der Waals surface area (Å²) in [4.78, 5) is 25.4. The molecule has 0 aliphatic carbocycles. The summed E-state index contributed by atoms with van der Waals surface area (Å²) in [7, 11) is 0. The van der Waals surface area contributed by atoms with Gasteiger partial charge in [-0.25, -0.2) is 0 Å². The molecule has 128 valence electrons. The molecule has 2 amide bonds. The summed E-state index contributed by atoms with van der Waals surface area (Å²) in [6, 6.07) is 16.8. The molecule has 0 unspecified atom stereocenters. The van der Waals surface area contributed by atoms with Gasteiger partial charge in [-0.05, 0) is 30.7 Å². The molecule has 0 bridgehead atoms. The van der Waals surface area contributed by atoms with Gasteiger partial charge in [-0.15, -0.1) is 0 Å². The Kier molecular flexibility index (Phi) is 6.30. The lowest BCUT2D eigenvalue weighted by molar-refractivity contribution is -0.121. The first-order valence-electron chi connectivity index (χ1n) is 8.10. The summed E-state index contributed by atoms with van der Waals surface area (Å²) in [6.07, 6.45) is 0.197. The van der Waals surface area contributed by atoms with Crippen molar-refractivity contribution in [1.82, 2.24) is 5.32 Å². The molecule has 0 aromatic heterocycles. The minimum absolute atomic E-state index is 0.122. The molecule has 2 aromatic rings. The van der Waals surface area contributed by atoms with Crippen LogP contribution in [0.2, 0.25) is 0 Å². The maximum atomic E-state index is 12.1. The molecule has 0 saturated carbocycles. The fourth-order valence-electron chi connectivity index (χ4n) is 2.42.